The van der Waals surface area contributed by atoms with Crippen molar-refractivity contribution in [1.29, 1.82) is 0 Å². The number of nitrogens with one attached hydrogen (secondary N) is 1. The molecule has 0 fully saturated rings. The molecule has 9 heteroatoms. The molecule has 0 unspecified atom stereocenters. The van der Waals surface area contributed by atoms with Crippen LogP contribution in [0.3, 0.4) is 0 Å². The van der Waals surface area contributed by atoms with Crippen molar-refractivity contribution in [2.24, 2.45) is 0 Å². The summed E-state index contributed by atoms with van der Waals surface area (Å²) in [4.78, 5) is 22.6. The molecule has 0 saturated heterocycles. The fourth-order valence-electron chi connectivity index (χ4n) is 1.65. The summed E-state index contributed by atoms with van der Waals surface area (Å²) in [6.45, 7) is 2.30. The van der Waals surface area contributed by atoms with Crippen LogP contribution in [-0.2, 0) is 20.9 Å². The number of carbonyl (C=O) groups excluding carboxylic acids is 2. The van der Waals surface area contributed by atoms with E-state index in [0.29, 0.717) is 23.3 Å². The average molecular weight is 324 g/mol. The van der Waals surface area contributed by atoms with Crippen LogP contribution < -0.4 is 5.32 Å². The maximum Gasteiger partial charge on any atom is 0.316 e. The first kappa shape index (κ1) is 16.1. The fraction of sp³-hybridized carbons (Fsp3) is 0.385. The standard InChI is InChI=1S/C13H16N4O4S/c1-3-17-12(9-5-4-6-20-9)15-16-13(17)22-8-11(19)21-7-10(18)14-2/h4-6H,3,7-8H2,1-2H3,(H,14,18). The van der Waals surface area contributed by atoms with Crippen LogP contribution >= 0.6 is 11.8 Å². The molecule has 2 aromatic rings. The Balaban J connectivity index is 1.96. The quantitative estimate of drug-likeness (QED) is 0.597. The summed E-state index contributed by atoms with van der Waals surface area (Å²) in [5.74, 6) is 0.430. The van der Waals surface area contributed by atoms with Crippen molar-refractivity contribution >= 4 is 23.6 Å². The number of aromatic nitrogens is 3. The Hall–Kier alpha value is -2.29. The van der Waals surface area contributed by atoms with Gasteiger partial charge in [0, 0.05) is 13.6 Å². The molecule has 0 bridgehead atoms. The lowest BCUT2D eigenvalue weighted by molar-refractivity contribution is -0.145. The number of rotatable bonds is 7. The summed E-state index contributed by atoms with van der Waals surface area (Å²) < 4.78 is 12.0. The van der Waals surface area contributed by atoms with Gasteiger partial charge < -0.3 is 14.5 Å². The number of nitrogens with zero attached hydrogens (tertiary/aromatic N) is 3. The monoisotopic (exact) mass is 324 g/mol. The lowest BCUT2D eigenvalue weighted by Gasteiger charge is -2.06. The summed E-state index contributed by atoms with van der Waals surface area (Å²) in [6.07, 6.45) is 1.56. The van der Waals surface area contributed by atoms with Crippen molar-refractivity contribution < 1.29 is 18.7 Å². The molecule has 118 valence electrons. The van der Waals surface area contributed by atoms with Crippen LogP contribution in [0.25, 0.3) is 11.6 Å². The van der Waals surface area contributed by atoms with Crippen LogP contribution in [0.4, 0.5) is 0 Å². The molecule has 2 rings (SSSR count). The largest absolute Gasteiger partial charge is 0.461 e. The molecule has 0 radical (unpaired) electrons. The molecule has 0 saturated carbocycles. The Kier molecular flexibility index (Phi) is 5.59. The first-order chi connectivity index (χ1) is 10.7. The third-order valence-electron chi connectivity index (χ3n) is 2.74. The minimum Gasteiger partial charge on any atom is -0.461 e. The number of amides is 1. The van der Waals surface area contributed by atoms with E-state index in [1.807, 2.05) is 11.5 Å². The molecule has 0 spiro atoms. The minimum atomic E-state index is -0.487. The topological polar surface area (TPSA) is 99.2 Å². The van der Waals surface area contributed by atoms with E-state index in [1.54, 1.807) is 18.4 Å². The molecule has 2 aromatic heterocycles. The number of furan rings is 1. The molecule has 2 heterocycles. The Labute approximate surface area is 131 Å². The van der Waals surface area contributed by atoms with E-state index in [-0.39, 0.29) is 18.3 Å². The highest BCUT2D eigenvalue weighted by Crippen LogP contribution is 2.24. The highest BCUT2D eigenvalue weighted by Gasteiger charge is 2.16. The zero-order valence-electron chi connectivity index (χ0n) is 12.2. The molecule has 0 aliphatic carbocycles. The van der Waals surface area contributed by atoms with E-state index in [9.17, 15) is 9.59 Å². The van der Waals surface area contributed by atoms with Crippen molar-refractivity contribution in [3.63, 3.8) is 0 Å². The van der Waals surface area contributed by atoms with Gasteiger partial charge in [0.1, 0.15) is 0 Å². The second-order valence-electron chi connectivity index (χ2n) is 4.15. The predicted octanol–water partition coefficient (Wildman–Crippen LogP) is 0.939. The Morgan fingerprint density at radius 2 is 2.27 bits per heavy atom. The second kappa shape index (κ2) is 7.64. The van der Waals surface area contributed by atoms with Gasteiger partial charge in [0.15, 0.2) is 23.3 Å². The number of hydrogen-bond donors (Lipinski definition) is 1. The molecule has 22 heavy (non-hydrogen) atoms. The molecule has 8 nitrogen and oxygen atoms in total. The lowest BCUT2D eigenvalue weighted by Crippen LogP contribution is -2.25. The number of likely N-dealkylation sites (N-methyl/N-ethyl adjacent to an activating group) is 1. The molecular weight excluding hydrogens is 308 g/mol. The zero-order valence-corrected chi connectivity index (χ0v) is 13.1. The van der Waals surface area contributed by atoms with E-state index < -0.39 is 5.97 Å². The maximum absolute atomic E-state index is 11.6. The summed E-state index contributed by atoms with van der Waals surface area (Å²) in [5.41, 5.74) is 0. The second-order valence-corrected chi connectivity index (χ2v) is 5.09. The van der Waals surface area contributed by atoms with Gasteiger partial charge in [-0.2, -0.15) is 0 Å². The average Bonchev–Trinajstić information content (AvgIpc) is 3.18. The summed E-state index contributed by atoms with van der Waals surface area (Å²) in [5, 5.41) is 11.1. The summed E-state index contributed by atoms with van der Waals surface area (Å²) >= 11 is 1.20. The van der Waals surface area contributed by atoms with E-state index in [1.165, 1.54) is 18.8 Å². The third-order valence-corrected chi connectivity index (χ3v) is 3.68. The van der Waals surface area contributed by atoms with Crippen LogP contribution in [-0.4, -0.2) is 46.0 Å². The smallest absolute Gasteiger partial charge is 0.316 e. The molecule has 1 amide bonds. The van der Waals surface area contributed by atoms with Crippen molar-refractivity contribution in [3.05, 3.63) is 18.4 Å². The molecule has 0 atom stereocenters. The molecule has 0 aromatic carbocycles. The minimum absolute atomic E-state index is 0.0489. The number of hydrogen-bond acceptors (Lipinski definition) is 7. The van der Waals surface area contributed by atoms with E-state index in [2.05, 4.69) is 15.5 Å². The van der Waals surface area contributed by atoms with Crippen LogP contribution in [0, 0.1) is 0 Å². The van der Waals surface area contributed by atoms with Gasteiger partial charge in [0.05, 0.1) is 12.0 Å². The van der Waals surface area contributed by atoms with Gasteiger partial charge in [-0.25, -0.2) is 0 Å². The van der Waals surface area contributed by atoms with E-state index >= 15 is 0 Å². The zero-order chi connectivity index (χ0) is 15.9. The van der Waals surface area contributed by atoms with Crippen LogP contribution in [0.2, 0.25) is 0 Å². The Morgan fingerprint density at radius 1 is 1.45 bits per heavy atom. The van der Waals surface area contributed by atoms with Crippen molar-refractivity contribution in [1.82, 2.24) is 20.1 Å². The third kappa shape index (κ3) is 3.88. The Bertz CT molecular complexity index is 639. The molecule has 0 aliphatic heterocycles. The van der Waals surface area contributed by atoms with E-state index in [0.717, 1.165) is 0 Å². The normalized spacial score (nSPS) is 10.5. The van der Waals surface area contributed by atoms with Crippen LogP contribution in [0.1, 0.15) is 6.92 Å². The van der Waals surface area contributed by atoms with Crippen molar-refractivity contribution in [2.75, 3.05) is 19.4 Å². The maximum atomic E-state index is 11.6. The van der Waals surface area contributed by atoms with Gasteiger partial charge >= 0.3 is 5.97 Å². The van der Waals surface area contributed by atoms with Crippen molar-refractivity contribution in [3.8, 4) is 11.6 Å². The van der Waals surface area contributed by atoms with Gasteiger partial charge in [-0.1, -0.05) is 11.8 Å². The fourth-order valence-corrected chi connectivity index (χ4v) is 2.45. The highest BCUT2D eigenvalue weighted by molar-refractivity contribution is 7.99. The van der Waals surface area contributed by atoms with Gasteiger partial charge in [-0.15, -0.1) is 10.2 Å². The van der Waals surface area contributed by atoms with Gasteiger partial charge in [0.2, 0.25) is 0 Å². The first-order valence-corrected chi connectivity index (χ1v) is 7.60. The summed E-state index contributed by atoms with van der Waals surface area (Å²) in [6, 6.07) is 3.56. The van der Waals surface area contributed by atoms with Gasteiger partial charge in [-0.05, 0) is 19.1 Å². The lowest BCUT2D eigenvalue weighted by atomic mass is 10.4. The van der Waals surface area contributed by atoms with Gasteiger partial charge in [0.25, 0.3) is 5.91 Å². The predicted molar refractivity (Wildman–Crippen MR) is 79.1 cm³/mol. The summed E-state index contributed by atoms with van der Waals surface area (Å²) in [7, 11) is 1.48. The number of esters is 1. The Morgan fingerprint density at radius 3 is 2.91 bits per heavy atom. The number of ether oxygens (including phenoxy) is 1. The first-order valence-electron chi connectivity index (χ1n) is 6.61. The van der Waals surface area contributed by atoms with Gasteiger partial charge in [-0.3, -0.25) is 14.2 Å². The highest BCUT2D eigenvalue weighted by atomic mass is 32.2. The molecule has 0 aliphatic rings. The number of thioether (sulfide) groups is 1. The molecular formula is C13H16N4O4S. The van der Waals surface area contributed by atoms with E-state index in [4.69, 9.17) is 9.15 Å². The van der Waals surface area contributed by atoms with Crippen LogP contribution in [0.15, 0.2) is 28.0 Å². The SMILES string of the molecule is CCn1c(SCC(=O)OCC(=O)NC)nnc1-c1ccco1. The van der Waals surface area contributed by atoms with Crippen molar-refractivity contribution in [2.45, 2.75) is 18.6 Å². The molecule has 1 N–H and O–H groups in total. The number of carbonyl (C=O) groups is 2. The van der Waals surface area contributed by atoms with Crippen LogP contribution in [0.5, 0.6) is 0 Å².